The van der Waals surface area contributed by atoms with Crippen LogP contribution in [0.2, 0.25) is 0 Å². The van der Waals surface area contributed by atoms with E-state index in [1.807, 2.05) is 28.5 Å². The average Bonchev–Trinajstić information content (AvgIpc) is 3.34. The molecule has 0 spiro atoms. The van der Waals surface area contributed by atoms with Crippen molar-refractivity contribution in [3.8, 4) is 0 Å². The minimum Gasteiger partial charge on any atom is -0.358 e. The van der Waals surface area contributed by atoms with Gasteiger partial charge >= 0.3 is 5.82 Å². The topological polar surface area (TPSA) is 76.6 Å². The first-order valence-electron chi connectivity index (χ1n) is 8.41. The van der Waals surface area contributed by atoms with Crippen LogP contribution >= 0.6 is 22.7 Å². The minimum absolute atomic E-state index is 0.0692. The van der Waals surface area contributed by atoms with E-state index < -0.39 is 0 Å². The summed E-state index contributed by atoms with van der Waals surface area (Å²) < 4.78 is 2.79. The largest absolute Gasteiger partial charge is 0.373 e. The summed E-state index contributed by atoms with van der Waals surface area (Å²) in [6.07, 6.45) is 3.58. The zero-order valence-electron chi connectivity index (χ0n) is 13.7. The third kappa shape index (κ3) is 2.46. The first kappa shape index (κ1) is 15.7. The van der Waals surface area contributed by atoms with E-state index in [1.165, 1.54) is 21.0 Å². The fourth-order valence-electron chi connectivity index (χ4n) is 3.55. The SMILES string of the molecule is O=[N+]([O-])c1c(N2CCC(c3nc4ccccc4s3)CC2)nc2sccn12. The molecule has 1 saturated heterocycles. The van der Waals surface area contributed by atoms with Gasteiger partial charge in [-0.25, -0.2) is 4.98 Å². The Balaban J connectivity index is 1.39. The van der Waals surface area contributed by atoms with Crippen LogP contribution in [-0.2, 0) is 0 Å². The van der Waals surface area contributed by atoms with Gasteiger partial charge in [-0.3, -0.25) is 0 Å². The number of benzene rings is 1. The van der Waals surface area contributed by atoms with Crippen LogP contribution in [0, 0.1) is 10.1 Å². The van der Waals surface area contributed by atoms with Crippen LogP contribution in [0.15, 0.2) is 35.8 Å². The van der Waals surface area contributed by atoms with Gasteiger partial charge in [-0.15, -0.1) is 11.3 Å². The van der Waals surface area contributed by atoms with Crippen molar-refractivity contribution in [2.24, 2.45) is 0 Å². The number of nitrogens with zero attached hydrogens (tertiary/aromatic N) is 5. The van der Waals surface area contributed by atoms with E-state index in [9.17, 15) is 10.1 Å². The predicted octanol–water partition coefficient (Wildman–Crippen LogP) is 4.30. The minimum atomic E-state index is -0.332. The molecule has 0 amide bonds. The number of imidazole rings is 1. The molecular formula is C17H15N5O2S2. The summed E-state index contributed by atoms with van der Waals surface area (Å²) in [6, 6.07) is 8.20. The number of para-hydroxylation sites is 1. The van der Waals surface area contributed by atoms with Crippen LogP contribution in [0.1, 0.15) is 23.8 Å². The highest BCUT2D eigenvalue weighted by Gasteiger charge is 2.31. The Morgan fingerprint density at radius 3 is 2.77 bits per heavy atom. The summed E-state index contributed by atoms with van der Waals surface area (Å²) >= 11 is 3.17. The van der Waals surface area contributed by atoms with E-state index in [0.717, 1.165) is 31.4 Å². The molecule has 4 heterocycles. The van der Waals surface area contributed by atoms with E-state index in [-0.39, 0.29) is 10.7 Å². The Morgan fingerprint density at radius 1 is 1.19 bits per heavy atom. The van der Waals surface area contributed by atoms with Crippen molar-refractivity contribution in [2.45, 2.75) is 18.8 Å². The van der Waals surface area contributed by atoms with E-state index in [1.54, 1.807) is 21.9 Å². The number of aromatic nitrogens is 3. The molecule has 1 aromatic carbocycles. The van der Waals surface area contributed by atoms with Gasteiger partial charge in [-0.1, -0.05) is 23.5 Å². The third-order valence-corrected chi connectivity index (χ3v) is 6.80. The molecule has 1 aliphatic heterocycles. The Labute approximate surface area is 156 Å². The molecule has 0 unspecified atom stereocenters. The van der Waals surface area contributed by atoms with E-state index >= 15 is 0 Å². The molecule has 0 radical (unpaired) electrons. The van der Waals surface area contributed by atoms with Crippen LogP contribution in [0.5, 0.6) is 0 Å². The van der Waals surface area contributed by atoms with E-state index in [2.05, 4.69) is 11.1 Å². The molecule has 3 aromatic heterocycles. The smallest absolute Gasteiger partial charge is 0.358 e. The van der Waals surface area contributed by atoms with Crippen LogP contribution in [-0.4, -0.2) is 32.4 Å². The molecule has 1 aliphatic rings. The predicted molar refractivity (Wildman–Crippen MR) is 104 cm³/mol. The number of anilines is 1. The highest BCUT2D eigenvalue weighted by molar-refractivity contribution is 7.18. The maximum atomic E-state index is 11.5. The number of hydrogen-bond donors (Lipinski definition) is 0. The maximum absolute atomic E-state index is 11.5. The fraction of sp³-hybridized carbons (Fsp3) is 0.294. The second-order valence-corrected chi connectivity index (χ2v) is 8.29. The lowest BCUT2D eigenvalue weighted by atomic mass is 9.97. The van der Waals surface area contributed by atoms with Crippen molar-refractivity contribution >= 4 is 49.5 Å². The van der Waals surface area contributed by atoms with Gasteiger partial charge in [0.2, 0.25) is 5.82 Å². The molecule has 26 heavy (non-hydrogen) atoms. The Kier molecular flexibility index (Phi) is 3.64. The van der Waals surface area contributed by atoms with Crippen molar-refractivity contribution in [3.05, 3.63) is 51.0 Å². The average molecular weight is 385 g/mol. The van der Waals surface area contributed by atoms with Crippen molar-refractivity contribution in [1.29, 1.82) is 0 Å². The quantitative estimate of drug-likeness (QED) is 0.388. The van der Waals surface area contributed by atoms with Gasteiger partial charge in [0.25, 0.3) is 4.96 Å². The van der Waals surface area contributed by atoms with Crippen molar-refractivity contribution < 1.29 is 4.92 Å². The molecule has 0 saturated carbocycles. The number of fused-ring (bicyclic) bond motifs is 2. The highest BCUT2D eigenvalue weighted by atomic mass is 32.1. The van der Waals surface area contributed by atoms with Crippen LogP contribution < -0.4 is 4.90 Å². The molecule has 0 N–H and O–H groups in total. The van der Waals surface area contributed by atoms with Gasteiger partial charge in [0.1, 0.15) is 6.20 Å². The van der Waals surface area contributed by atoms with Crippen molar-refractivity contribution in [3.63, 3.8) is 0 Å². The molecule has 4 aromatic rings. The summed E-state index contributed by atoms with van der Waals surface area (Å²) in [4.78, 5) is 23.2. The zero-order chi connectivity index (χ0) is 17.7. The number of rotatable bonds is 3. The Hall–Kier alpha value is -2.52. The molecule has 7 nitrogen and oxygen atoms in total. The first-order chi connectivity index (χ1) is 12.7. The second-order valence-electron chi connectivity index (χ2n) is 6.35. The van der Waals surface area contributed by atoms with Crippen LogP contribution in [0.4, 0.5) is 11.6 Å². The van der Waals surface area contributed by atoms with Crippen LogP contribution in [0.3, 0.4) is 0 Å². The normalized spacial score (nSPS) is 15.9. The van der Waals surface area contributed by atoms with E-state index in [0.29, 0.717) is 16.7 Å². The summed E-state index contributed by atoms with van der Waals surface area (Å²) in [5.41, 5.74) is 1.06. The fourth-order valence-corrected chi connectivity index (χ4v) is 5.39. The summed E-state index contributed by atoms with van der Waals surface area (Å²) in [6.45, 7) is 1.51. The van der Waals surface area contributed by atoms with Gasteiger partial charge in [0.05, 0.1) is 15.2 Å². The number of hydrogen-bond acceptors (Lipinski definition) is 7. The van der Waals surface area contributed by atoms with Crippen molar-refractivity contribution in [1.82, 2.24) is 14.4 Å². The molecule has 9 heteroatoms. The van der Waals surface area contributed by atoms with Gasteiger partial charge in [0.15, 0.2) is 0 Å². The highest BCUT2D eigenvalue weighted by Crippen LogP contribution is 2.37. The molecule has 0 atom stereocenters. The summed E-state index contributed by atoms with van der Waals surface area (Å²) in [5, 5.41) is 14.5. The maximum Gasteiger partial charge on any atom is 0.373 e. The van der Waals surface area contributed by atoms with Gasteiger partial charge in [-0.2, -0.15) is 9.38 Å². The van der Waals surface area contributed by atoms with Gasteiger partial charge in [0, 0.05) is 24.4 Å². The zero-order valence-corrected chi connectivity index (χ0v) is 15.4. The standard InChI is InChI=1S/C17H15N5O2S2/c23-22(24)16-14(19-17-21(16)9-10-25-17)20-7-5-11(6-8-20)15-18-12-3-1-2-4-13(12)26-15/h1-4,9-11H,5-8H2. The summed E-state index contributed by atoms with van der Waals surface area (Å²) in [7, 11) is 0. The lowest BCUT2D eigenvalue weighted by Gasteiger charge is -2.30. The lowest BCUT2D eigenvalue weighted by Crippen LogP contribution is -2.33. The lowest BCUT2D eigenvalue weighted by molar-refractivity contribution is -0.389. The summed E-state index contributed by atoms with van der Waals surface area (Å²) in [5.74, 6) is 0.968. The van der Waals surface area contributed by atoms with E-state index in [4.69, 9.17) is 4.98 Å². The molecular weight excluding hydrogens is 370 g/mol. The second kappa shape index (κ2) is 6.03. The van der Waals surface area contributed by atoms with Gasteiger partial charge < -0.3 is 15.0 Å². The molecule has 0 bridgehead atoms. The molecule has 1 fully saturated rings. The van der Waals surface area contributed by atoms with Crippen LogP contribution in [0.25, 0.3) is 15.2 Å². The molecule has 5 rings (SSSR count). The Morgan fingerprint density at radius 2 is 2.00 bits per heavy atom. The molecule has 132 valence electrons. The Bertz CT molecular complexity index is 1070. The van der Waals surface area contributed by atoms with Gasteiger partial charge in [-0.05, 0) is 29.9 Å². The molecule has 0 aliphatic carbocycles. The first-order valence-corrected chi connectivity index (χ1v) is 10.1. The van der Waals surface area contributed by atoms with Crippen molar-refractivity contribution in [2.75, 3.05) is 18.0 Å². The number of piperidine rings is 1. The monoisotopic (exact) mass is 385 g/mol. The third-order valence-electron chi connectivity index (χ3n) is 4.85. The number of thiazole rings is 2. The number of nitro groups is 1.